The highest BCUT2D eigenvalue weighted by molar-refractivity contribution is 5.73. The number of carbonyl (C=O) groups is 2. The van der Waals surface area contributed by atoms with Gasteiger partial charge in [-0.05, 0) is 48.2 Å². The van der Waals surface area contributed by atoms with Crippen molar-refractivity contribution in [2.45, 2.75) is 26.2 Å². The van der Waals surface area contributed by atoms with E-state index in [1.54, 1.807) is 18.2 Å². The zero-order valence-electron chi connectivity index (χ0n) is 14.0. The van der Waals surface area contributed by atoms with E-state index in [0.717, 1.165) is 11.1 Å². The fourth-order valence-electron chi connectivity index (χ4n) is 2.26. The maximum Gasteiger partial charge on any atom is 0.311 e. The molecule has 0 fully saturated rings. The van der Waals surface area contributed by atoms with Crippen LogP contribution >= 0.6 is 0 Å². The van der Waals surface area contributed by atoms with Crippen molar-refractivity contribution in [3.63, 3.8) is 0 Å². The number of benzene rings is 2. The number of hydrogen-bond donors (Lipinski definition) is 3. The molecule has 0 unspecified atom stereocenters. The number of aromatic hydroxyl groups is 2. The number of amides is 1. The normalized spacial score (nSPS) is 10.3. The van der Waals surface area contributed by atoms with Gasteiger partial charge in [-0.3, -0.25) is 9.59 Å². The van der Waals surface area contributed by atoms with Crippen LogP contribution in [-0.4, -0.2) is 28.6 Å². The highest BCUT2D eigenvalue weighted by Gasteiger charge is 2.07. The number of rotatable bonds is 7. The monoisotopic (exact) mass is 343 g/mol. The van der Waals surface area contributed by atoms with Crippen LogP contribution in [0, 0.1) is 0 Å². The van der Waals surface area contributed by atoms with Crippen LogP contribution in [0.1, 0.15) is 24.5 Å². The average Bonchev–Trinajstić information content (AvgIpc) is 2.57. The number of hydrogen-bond acceptors (Lipinski definition) is 5. The van der Waals surface area contributed by atoms with Gasteiger partial charge in [0.25, 0.3) is 0 Å². The molecule has 0 aliphatic carbocycles. The second-order valence-electron chi connectivity index (χ2n) is 5.67. The smallest absolute Gasteiger partial charge is 0.311 e. The van der Waals surface area contributed by atoms with Gasteiger partial charge in [0.15, 0.2) is 11.5 Å². The SMILES string of the molecule is CC(=O)NCCc1ccc(OC(=O)CCc2ccc(O)c(O)c2)cc1. The molecule has 0 aliphatic heterocycles. The first-order chi connectivity index (χ1) is 11.9. The van der Waals surface area contributed by atoms with E-state index < -0.39 is 0 Å². The molecule has 6 heteroatoms. The molecule has 0 spiro atoms. The number of esters is 1. The van der Waals surface area contributed by atoms with Crippen molar-refractivity contribution in [3.8, 4) is 17.2 Å². The van der Waals surface area contributed by atoms with Crippen molar-refractivity contribution < 1.29 is 24.5 Å². The molecule has 0 atom stereocenters. The molecule has 2 aromatic carbocycles. The highest BCUT2D eigenvalue weighted by Crippen LogP contribution is 2.25. The predicted molar refractivity (Wildman–Crippen MR) is 92.6 cm³/mol. The van der Waals surface area contributed by atoms with Crippen LogP contribution in [0.5, 0.6) is 17.2 Å². The summed E-state index contributed by atoms with van der Waals surface area (Å²) in [5, 5.41) is 21.4. The maximum atomic E-state index is 11.9. The summed E-state index contributed by atoms with van der Waals surface area (Å²) in [6.07, 6.45) is 1.27. The van der Waals surface area contributed by atoms with Crippen molar-refractivity contribution >= 4 is 11.9 Å². The summed E-state index contributed by atoms with van der Waals surface area (Å²) in [5.41, 5.74) is 1.77. The zero-order valence-corrected chi connectivity index (χ0v) is 14.0. The van der Waals surface area contributed by atoms with Gasteiger partial charge in [-0.15, -0.1) is 0 Å². The lowest BCUT2D eigenvalue weighted by atomic mass is 10.1. The third-order valence-corrected chi connectivity index (χ3v) is 3.60. The van der Waals surface area contributed by atoms with Crippen LogP contribution in [-0.2, 0) is 22.4 Å². The molecule has 0 saturated heterocycles. The Kier molecular flexibility index (Phi) is 6.39. The lowest BCUT2D eigenvalue weighted by Gasteiger charge is -2.07. The van der Waals surface area contributed by atoms with Gasteiger partial charge >= 0.3 is 5.97 Å². The molecular weight excluding hydrogens is 322 g/mol. The van der Waals surface area contributed by atoms with Crippen molar-refractivity contribution in [1.29, 1.82) is 0 Å². The lowest BCUT2D eigenvalue weighted by molar-refractivity contribution is -0.134. The molecule has 0 aromatic heterocycles. The van der Waals surface area contributed by atoms with Gasteiger partial charge in [0, 0.05) is 19.9 Å². The van der Waals surface area contributed by atoms with Gasteiger partial charge in [0.2, 0.25) is 5.91 Å². The molecule has 1 amide bonds. The van der Waals surface area contributed by atoms with Crippen LogP contribution in [0.25, 0.3) is 0 Å². The minimum Gasteiger partial charge on any atom is -0.504 e. The molecule has 3 N–H and O–H groups in total. The maximum absolute atomic E-state index is 11.9. The molecule has 0 radical (unpaired) electrons. The zero-order chi connectivity index (χ0) is 18.2. The molecule has 2 rings (SSSR count). The van der Waals surface area contributed by atoms with E-state index in [-0.39, 0.29) is 29.8 Å². The number of aryl methyl sites for hydroxylation is 1. The minimum atomic E-state index is -0.376. The molecule has 2 aromatic rings. The van der Waals surface area contributed by atoms with Crippen molar-refractivity contribution in [2.75, 3.05) is 6.54 Å². The Morgan fingerprint density at radius 3 is 2.28 bits per heavy atom. The second-order valence-corrected chi connectivity index (χ2v) is 5.67. The lowest BCUT2D eigenvalue weighted by Crippen LogP contribution is -2.22. The molecule has 6 nitrogen and oxygen atoms in total. The Bertz CT molecular complexity index is 740. The van der Waals surface area contributed by atoms with E-state index in [2.05, 4.69) is 5.32 Å². The number of phenols is 2. The number of nitrogens with one attached hydrogen (secondary N) is 1. The summed E-state index contributed by atoms with van der Waals surface area (Å²) in [7, 11) is 0. The summed E-state index contributed by atoms with van der Waals surface area (Å²) in [5.74, 6) is -0.376. The third kappa shape index (κ3) is 6.18. The van der Waals surface area contributed by atoms with E-state index in [9.17, 15) is 19.8 Å². The van der Waals surface area contributed by atoms with E-state index in [4.69, 9.17) is 4.74 Å². The number of carbonyl (C=O) groups excluding carboxylic acids is 2. The Morgan fingerprint density at radius 2 is 1.64 bits per heavy atom. The second kappa shape index (κ2) is 8.73. The first-order valence-corrected chi connectivity index (χ1v) is 7.99. The Balaban J connectivity index is 1.79. The van der Waals surface area contributed by atoms with Crippen LogP contribution < -0.4 is 10.1 Å². The van der Waals surface area contributed by atoms with Gasteiger partial charge in [0.05, 0.1) is 0 Å². The highest BCUT2D eigenvalue weighted by atomic mass is 16.5. The standard InChI is InChI=1S/C19H21NO5/c1-13(21)20-11-10-14-2-6-16(7-3-14)25-19(24)9-5-15-4-8-17(22)18(23)12-15/h2-4,6-8,12,22-23H,5,9-11H2,1H3,(H,20,21). The first kappa shape index (κ1) is 18.3. The van der Waals surface area contributed by atoms with E-state index in [0.29, 0.717) is 25.1 Å². The Labute approximate surface area is 146 Å². The first-order valence-electron chi connectivity index (χ1n) is 7.99. The quantitative estimate of drug-likeness (QED) is 0.407. The van der Waals surface area contributed by atoms with Crippen LogP contribution in [0.4, 0.5) is 0 Å². The minimum absolute atomic E-state index is 0.0625. The molecule has 0 aliphatic rings. The topological polar surface area (TPSA) is 95.9 Å². The van der Waals surface area contributed by atoms with Crippen molar-refractivity contribution in [2.24, 2.45) is 0 Å². The number of ether oxygens (including phenoxy) is 1. The fourth-order valence-corrected chi connectivity index (χ4v) is 2.26. The molecule has 0 saturated carbocycles. The Morgan fingerprint density at radius 1 is 0.960 bits per heavy atom. The summed E-state index contributed by atoms with van der Waals surface area (Å²) in [6.45, 7) is 2.04. The summed E-state index contributed by atoms with van der Waals surface area (Å²) in [6, 6.07) is 11.6. The molecule has 0 heterocycles. The van der Waals surface area contributed by atoms with Crippen molar-refractivity contribution in [1.82, 2.24) is 5.32 Å². The number of phenolic OH excluding ortho intramolecular Hbond substituents is 2. The van der Waals surface area contributed by atoms with Gasteiger partial charge in [-0.25, -0.2) is 0 Å². The average molecular weight is 343 g/mol. The summed E-state index contributed by atoms with van der Waals surface area (Å²) >= 11 is 0. The summed E-state index contributed by atoms with van der Waals surface area (Å²) in [4.78, 5) is 22.7. The van der Waals surface area contributed by atoms with Crippen LogP contribution in [0.3, 0.4) is 0 Å². The van der Waals surface area contributed by atoms with Crippen LogP contribution in [0.15, 0.2) is 42.5 Å². The third-order valence-electron chi connectivity index (χ3n) is 3.60. The molecular formula is C19H21NO5. The summed E-state index contributed by atoms with van der Waals surface area (Å²) < 4.78 is 5.27. The fraction of sp³-hybridized carbons (Fsp3) is 0.263. The van der Waals surface area contributed by atoms with E-state index in [1.807, 2.05) is 12.1 Å². The predicted octanol–water partition coefficient (Wildman–Crippen LogP) is 2.31. The van der Waals surface area contributed by atoms with Gasteiger partial charge < -0.3 is 20.3 Å². The van der Waals surface area contributed by atoms with Crippen LogP contribution in [0.2, 0.25) is 0 Å². The molecule has 25 heavy (non-hydrogen) atoms. The molecule has 132 valence electrons. The largest absolute Gasteiger partial charge is 0.504 e. The van der Waals surface area contributed by atoms with Crippen molar-refractivity contribution in [3.05, 3.63) is 53.6 Å². The van der Waals surface area contributed by atoms with Gasteiger partial charge in [0.1, 0.15) is 5.75 Å². The Hall–Kier alpha value is -3.02. The van der Waals surface area contributed by atoms with Gasteiger partial charge in [-0.2, -0.15) is 0 Å². The van der Waals surface area contributed by atoms with Gasteiger partial charge in [-0.1, -0.05) is 18.2 Å². The molecule has 0 bridgehead atoms. The van der Waals surface area contributed by atoms with E-state index >= 15 is 0 Å². The van der Waals surface area contributed by atoms with E-state index in [1.165, 1.54) is 19.1 Å².